The minimum atomic E-state index is -0.657. The molecule has 10 nitrogen and oxygen atoms in total. The fraction of sp³-hybridized carbons (Fsp3) is 0.214. The van der Waals surface area contributed by atoms with Crippen molar-refractivity contribution in [3.05, 3.63) is 45.6 Å². The van der Waals surface area contributed by atoms with Gasteiger partial charge in [-0.25, -0.2) is 5.43 Å². The normalized spacial score (nSPS) is 11.3. The molecule has 10 heteroatoms. The first kappa shape index (κ1) is 16.9. The number of aryl methyl sites for hydroxylation is 1. The summed E-state index contributed by atoms with van der Waals surface area (Å²) in [5.74, 6) is -1.47. The van der Waals surface area contributed by atoms with Crippen molar-refractivity contribution >= 4 is 17.4 Å². The Kier molecular flexibility index (Phi) is 4.78. The monoisotopic (exact) mass is 333 g/mol. The fourth-order valence-corrected chi connectivity index (χ4v) is 1.91. The van der Waals surface area contributed by atoms with E-state index in [2.05, 4.69) is 15.6 Å². The van der Waals surface area contributed by atoms with E-state index in [0.717, 1.165) is 6.07 Å². The van der Waals surface area contributed by atoms with Crippen LogP contribution in [0, 0.1) is 17.0 Å². The van der Waals surface area contributed by atoms with Gasteiger partial charge in [-0.15, -0.1) is 0 Å². The number of nitrogens with zero attached hydrogens (tertiary/aromatic N) is 4. The Hall–Kier alpha value is -3.43. The number of hydrazone groups is 1. The van der Waals surface area contributed by atoms with Crippen LogP contribution in [0.1, 0.15) is 23.0 Å². The summed E-state index contributed by atoms with van der Waals surface area (Å²) >= 11 is 0. The molecule has 1 aromatic heterocycles. The quantitative estimate of drug-likeness (QED) is 0.428. The van der Waals surface area contributed by atoms with Crippen LogP contribution in [0.25, 0.3) is 0 Å². The topological polar surface area (TPSA) is 143 Å². The van der Waals surface area contributed by atoms with Crippen LogP contribution in [0.4, 0.5) is 5.82 Å². The molecule has 24 heavy (non-hydrogen) atoms. The highest BCUT2D eigenvalue weighted by atomic mass is 16.6. The average Bonchev–Trinajstić information content (AvgIpc) is 2.86. The SMILES string of the molecule is C/C(Cn1nc([N+](=O)[O-])cc1C)=N/NC(=O)c1ccc(O)cc1O. The zero-order chi connectivity index (χ0) is 17.9. The molecular formula is C14H15N5O5. The minimum Gasteiger partial charge on any atom is -0.508 e. The number of phenolic OH excluding ortho intramolecular Hbond substituents is 2. The number of carbonyl (C=O) groups is 1. The predicted molar refractivity (Wildman–Crippen MR) is 84.0 cm³/mol. The highest BCUT2D eigenvalue weighted by molar-refractivity contribution is 5.97. The molecule has 0 aliphatic rings. The van der Waals surface area contributed by atoms with Gasteiger partial charge in [0.15, 0.2) is 0 Å². The molecule has 3 N–H and O–H groups in total. The van der Waals surface area contributed by atoms with E-state index in [-0.39, 0.29) is 29.4 Å². The lowest BCUT2D eigenvalue weighted by Gasteiger charge is -2.05. The summed E-state index contributed by atoms with van der Waals surface area (Å²) in [6, 6.07) is 4.89. The Morgan fingerprint density at radius 1 is 1.42 bits per heavy atom. The Morgan fingerprint density at radius 3 is 2.71 bits per heavy atom. The second-order valence-electron chi connectivity index (χ2n) is 5.05. The highest BCUT2D eigenvalue weighted by Crippen LogP contribution is 2.22. The first-order valence-electron chi connectivity index (χ1n) is 6.82. The lowest BCUT2D eigenvalue weighted by molar-refractivity contribution is -0.389. The van der Waals surface area contributed by atoms with E-state index in [4.69, 9.17) is 0 Å². The standard InChI is InChI=1S/C14H15N5O5/c1-8(7-18-9(2)5-13(17-18)19(23)24)15-16-14(22)11-4-3-10(20)6-12(11)21/h3-6,20-21H,7H2,1-2H3,(H,16,22)/b15-8-. The highest BCUT2D eigenvalue weighted by Gasteiger charge is 2.16. The Balaban J connectivity index is 2.06. The number of aromatic nitrogens is 2. The molecule has 2 rings (SSSR count). The number of hydrogen-bond donors (Lipinski definition) is 3. The van der Waals surface area contributed by atoms with Crippen molar-refractivity contribution in [1.29, 1.82) is 0 Å². The van der Waals surface area contributed by atoms with Gasteiger partial charge < -0.3 is 20.3 Å². The van der Waals surface area contributed by atoms with Crippen molar-refractivity contribution < 1.29 is 19.9 Å². The number of phenols is 2. The van der Waals surface area contributed by atoms with Gasteiger partial charge in [-0.2, -0.15) is 9.78 Å². The van der Waals surface area contributed by atoms with E-state index in [1.807, 2.05) is 0 Å². The van der Waals surface area contributed by atoms with E-state index >= 15 is 0 Å². The number of nitro groups is 1. The lowest BCUT2D eigenvalue weighted by Crippen LogP contribution is -2.21. The van der Waals surface area contributed by atoms with Gasteiger partial charge in [0.05, 0.1) is 28.1 Å². The number of benzene rings is 1. The van der Waals surface area contributed by atoms with Crippen molar-refractivity contribution in [3.8, 4) is 11.5 Å². The van der Waals surface area contributed by atoms with E-state index in [9.17, 15) is 25.1 Å². The summed E-state index contributed by atoms with van der Waals surface area (Å²) in [7, 11) is 0. The number of nitrogens with one attached hydrogen (secondary N) is 1. The van der Waals surface area contributed by atoms with Gasteiger partial charge in [-0.05, 0) is 30.9 Å². The van der Waals surface area contributed by atoms with Gasteiger partial charge in [-0.3, -0.25) is 4.79 Å². The lowest BCUT2D eigenvalue weighted by atomic mass is 10.2. The molecule has 1 amide bonds. The third-order valence-electron chi connectivity index (χ3n) is 3.11. The third kappa shape index (κ3) is 3.85. The zero-order valence-electron chi connectivity index (χ0n) is 12.9. The van der Waals surface area contributed by atoms with Crippen LogP contribution in [0.5, 0.6) is 11.5 Å². The molecule has 0 saturated carbocycles. The van der Waals surface area contributed by atoms with Crippen LogP contribution in [0.3, 0.4) is 0 Å². The second-order valence-corrected chi connectivity index (χ2v) is 5.05. The molecule has 0 aliphatic carbocycles. The number of hydrogen-bond acceptors (Lipinski definition) is 7. The molecule has 0 radical (unpaired) electrons. The molecule has 0 saturated heterocycles. The van der Waals surface area contributed by atoms with Crippen molar-refractivity contribution in [1.82, 2.24) is 15.2 Å². The maximum absolute atomic E-state index is 11.9. The number of amides is 1. The first-order chi connectivity index (χ1) is 11.3. The average molecular weight is 333 g/mol. The third-order valence-corrected chi connectivity index (χ3v) is 3.11. The van der Waals surface area contributed by atoms with Crippen molar-refractivity contribution in [2.75, 3.05) is 0 Å². The number of carbonyl (C=O) groups excluding carboxylic acids is 1. The number of aromatic hydroxyl groups is 2. The van der Waals surface area contributed by atoms with Crippen LogP contribution in [-0.4, -0.2) is 36.5 Å². The summed E-state index contributed by atoms with van der Waals surface area (Å²) in [6.07, 6.45) is 0. The molecular weight excluding hydrogens is 318 g/mol. The van der Waals surface area contributed by atoms with Gasteiger partial charge in [-0.1, -0.05) is 0 Å². The van der Waals surface area contributed by atoms with Gasteiger partial charge >= 0.3 is 5.82 Å². The summed E-state index contributed by atoms with van der Waals surface area (Å²) in [4.78, 5) is 22.0. The van der Waals surface area contributed by atoms with Gasteiger partial charge in [0.25, 0.3) is 5.91 Å². The predicted octanol–water partition coefficient (Wildman–Crippen LogP) is 1.32. The fourth-order valence-electron chi connectivity index (χ4n) is 1.91. The van der Waals surface area contributed by atoms with E-state index in [1.165, 1.54) is 22.9 Å². The van der Waals surface area contributed by atoms with Crippen molar-refractivity contribution in [2.24, 2.45) is 5.10 Å². The summed E-state index contributed by atoms with van der Waals surface area (Å²) in [5, 5.41) is 37.2. The van der Waals surface area contributed by atoms with E-state index in [1.54, 1.807) is 13.8 Å². The molecule has 126 valence electrons. The Morgan fingerprint density at radius 2 is 2.12 bits per heavy atom. The largest absolute Gasteiger partial charge is 0.508 e. The van der Waals surface area contributed by atoms with E-state index < -0.39 is 10.8 Å². The molecule has 0 fully saturated rings. The molecule has 0 atom stereocenters. The van der Waals surface area contributed by atoms with Gasteiger partial charge in [0.1, 0.15) is 18.0 Å². The molecule has 0 unspecified atom stereocenters. The smallest absolute Gasteiger partial charge is 0.390 e. The summed E-state index contributed by atoms with van der Waals surface area (Å²) < 4.78 is 1.39. The molecule has 0 bridgehead atoms. The zero-order valence-corrected chi connectivity index (χ0v) is 12.9. The van der Waals surface area contributed by atoms with E-state index in [0.29, 0.717) is 11.4 Å². The van der Waals surface area contributed by atoms with Crippen LogP contribution in [0.2, 0.25) is 0 Å². The van der Waals surface area contributed by atoms with Gasteiger partial charge in [0, 0.05) is 6.07 Å². The number of rotatable bonds is 5. The first-order valence-corrected chi connectivity index (χ1v) is 6.82. The van der Waals surface area contributed by atoms with Crippen LogP contribution in [-0.2, 0) is 6.54 Å². The van der Waals surface area contributed by atoms with Crippen LogP contribution >= 0.6 is 0 Å². The Labute approximate surface area is 136 Å². The molecule has 2 aromatic rings. The molecule has 0 aliphatic heterocycles. The van der Waals surface area contributed by atoms with Gasteiger partial charge in [0.2, 0.25) is 0 Å². The van der Waals surface area contributed by atoms with Crippen molar-refractivity contribution in [2.45, 2.75) is 20.4 Å². The van der Waals surface area contributed by atoms with Crippen molar-refractivity contribution in [3.63, 3.8) is 0 Å². The maximum atomic E-state index is 11.9. The molecule has 0 spiro atoms. The summed E-state index contributed by atoms with van der Waals surface area (Å²) in [6.45, 7) is 3.44. The maximum Gasteiger partial charge on any atom is 0.390 e. The van der Waals surface area contributed by atoms with Crippen LogP contribution in [0.15, 0.2) is 29.4 Å². The minimum absolute atomic E-state index is 0.0461. The Bertz CT molecular complexity index is 827. The second kappa shape index (κ2) is 6.77. The van der Waals surface area contributed by atoms with Crippen LogP contribution < -0.4 is 5.43 Å². The molecule has 1 aromatic carbocycles. The summed E-state index contributed by atoms with van der Waals surface area (Å²) in [5.41, 5.74) is 3.24. The molecule has 1 heterocycles.